The molecule has 1 rings (SSSR count). The topological polar surface area (TPSA) is 55.4 Å². The van der Waals surface area contributed by atoms with Crippen LogP contribution in [0.5, 0.6) is 0 Å². The summed E-state index contributed by atoms with van der Waals surface area (Å²) in [6, 6.07) is 3.51. The van der Waals surface area contributed by atoms with Crippen LogP contribution in [0, 0.1) is 0 Å². The van der Waals surface area contributed by atoms with Gasteiger partial charge in [-0.1, -0.05) is 0 Å². The van der Waals surface area contributed by atoms with E-state index in [1.54, 1.807) is 32.9 Å². The molecule has 94 valence electrons. The second-order valence-corrected chi connectivity index (χ2v) is 6.85. The van der Waals surface area contributed by atoms with Gasteiger partial charge in [-0.3, -0.25) is 4.79 Å². The third kappa shape index (κ3) is 5.32. The minimum atomic E-state index is -0.582. The zero-order valence-corrected chi connectivity index (χ0v) is 12.3. The molecule has 0 aliphatic carbocycles. The molecule has 0 atom stereocenters. The van der Waals surface area contributed by atoms with E-state index in [1.165, 1.54) is 11.3 Å². The molecule has 0 aliphatic heterocycles. The van der Waals surface area contributed by atoms with E-state index in [4.69, 9.17) is 4.74 Å². The number of thiophene rings is 1. The second-order valence-electron chi connectivity index (χ2n) is 4.38. The zero-order valence-electron chi connectivity index (χ0n) is 9.87. The van der Waals surface area contributed by atoms with E-state index in [0.29, 0.717) is 4.88 Å². The average molecular weight is 320 g/mol. The maximum Gasteiger partial charge on any atom is 0.408 e. The number of amides is 1. The molecule has 0 saturated heterocycles. The molecule has 0 unspecified atom stereocenters. The number of halogens is 1. The molecule has 1 heterocycles. The van der Waals surface area contributed by atoms with E-state index in [2.05, 4.69) is 21.2 Å². The Bertz CT molecular complexity index is 423. The lowest BCUT2D eigenvalue weighted by Gasteiger charge is -2.19. The molecule has 1 amide bonds. The van der Waals surface area contributed by atoms with Crippen LogP contribution >= 0.6 is 27.3 Å². The quantitative estimate of drug-likeness (QED) is 0.870. The van der Waals surface area contributed by atoms with E-state index in [1.807, 2.05) is 0 Å². The average Bonchev–Trinajstić information content (AvgIpc) is 2.58. The normalized spacial score (nSPS) is 11.1. The van der Waals surface area contributed by atoms with E-state index >= 15 is 0 Å². The number of alkyl carbamates (subject to hydrolysis) is 1. The lowest BCUT2D eigenvalue weighted by Crippen LogP contribution is -2.35. The number of carbonyl (C=O) groups excluding carboxylic acids is 2. The fourth-order valence-corrected chi connectivity index (χ4v) is 2.34. The number of hydrogen-bond donors (Lipinski definition) is 1. The van der Waals surface area contributed by atoms with E-state index in [0.717, 1.165) is 3.79 Å². The Morgan fingerprint density at radius 2 is 2.06 bits per heavy atom. The van der Waals surface area contributed by atoms with E-state index in [9.17, 15) is 9.59 Å². The highest BCUT2D eigenvalue weighted by Crippen LogP contribution is 2.22. The fraction of sp³-hybridized carbons (Fsp3) is 0.455. The first kappa shape index (κ1) is 14.2. The molecule has 4 nitrogen and oxygen atoms in total. The minimum Gasteiger partial charge on any atom is -0.444 e. The van der Waals surface area contributed by atoms with Crippen molar-refractivity contribution in [3.8, 4) is 0 Å². The SMILES string of the molecule is CC(C)(C)OC(=O)NCC(=O)c1ccc(Br)s1. The molecule has 0 spiro atoms. The van der Waals surface area contributed by atoms with Crippen LogP contribution < -0.4 is 5.32 Å². The van der Waals surface area contributed by atoms with Crippen LogP contribution in [0.2, 0.25) is 0 Å². The Morgan fingerprint density at radius 3 is 2.53 bits per heavy atom. The predicted molar refractivity (Wildman–Crippen MR) is 70.6 cm³/mol. The molecular formula is C11H14BrNO3S. The molecule has 1 N–H and O–H groups in total. The highest BCUT2D eigenvalue weighted by atomic mass is 79.9. The maximum atomic E-state index is 11.6. The Hall–Kier alpha value is -0.880. The largest absolute Gasteiger partial charge is 0.444 e. The second kappa shape index (κ2) is 5.64. The Morgan fingerprint density at radius 1 is 1.41 bits per heavy atom. The molecule has 0 fully saturated rings. The minimum absolute atomic E-state index is 0.0537. The van der Waals surface area contributed by atoms with Crippen LogP contribution in [-0.2, 0) is 4.74 Å². The standard InChI is InChI=1S/C11H14BrNO3S/c1-11(2,3)16-10(15)13-6-7(14)8-4-5-9(12)17-8/h4-5H,6H2,1-3H3,(H,13,15). The predicted octanol–water partition coefficient (Wildman–Crippen LogP) is 3.22. The molecule has 6 heteroatoms. The van der Waals surface area contributed by atoms with Gasteiger partial charge in [0.25, 0.3) is 0 Å². The molecular weight excluding hydrogens is 306 g/mol. The van der Waals surface area contributed by atoms with Gasteiger partial charge in [0, 0.05) is 0 Å². The zero-order chi connectivity index (χ0) is 13.1. The van der Waals surface area contributed by atoms with Gasteiger partial charge in [0.15, 0.2) is 5.78 Å². The van der Waals surface area contributed by atoms with Crippen molar-refractivity contribution in [2.24, 2.45) is 0 Å². The van der Waals surface area contributed by atoms with Crippen LogP contribution in [0.25, 0.3) is 0 Å². The lowest BCUT2D eigenvalue weighted by atomic mass is 10.2. The molecule has 1 aromatic heterocycles. The number of nitrogens with one attached hydrogen (secondary N) is 1. The van der Waals surface area contributed by atoms with Crippen molar-refractivity contribution in [2.75, 3.05) is 6.54 Å². The number of ether oxygens (including phenoxy) is 1. The molecule has 0 aliphatic rings. The maximum absolute atomic E-state index is 11.6. The molecule has 1 aromatic rings. The van der Waals surface area contributed by atoms with Crippen LogP contribution in [0.1, 0.15) is 30.4 Å². The van der Waals surface area contributed by atoms with Gasteiger partial charge in [-0.2, -0.15) is 0 Å². The van der Waals surface area contributed by atoms with E-state index in [-0.39, 0.29) is 12.3 Å². The van der Waals surface area contributed by atoms with Gasteiger partial charge in [-0.25, -0.2) is 4.79 Å². The van der Waals surface area contributed by atoms with Gasteiger partial charge >= 0.3 is 6.09 Å². The lowest BCUT2D eigenvalue weighted by molar-refractivity contribution is 0.0520. The summed E-state index contributed by atoms with van der Waals surface area (Å²) in [5.41, 5.74) is -0.556. The first-order chi connectivity index (χ1) is 7.78. The van der Waals surface area contributed by atoms with Crippen molar-refractivity contribution in [1.29, 1.82) is 0 Å². The Labute approximate surface area is 112 Å². The van der Waals surface area contributed by atoms with Crippen molar-refractivity contribution in [1.82, 2.24) is 5.32 Å². The van der Waals surface area contributed by atoms with Gasteiger partial charge in [0.1, 0.15) is 5.60 Å². The monoisotopic (exact) mass is 319 g/mol. The molecule has 17 heavy (non-hydrogen) atoms. The van der Waals surface area contributed by atoms with Crippen LogP contribution in [-0.4, -0.2) is 24.0 Å². The van der Waals surface area contributed by atoms with Gasteiger partial charge in [0.2, 0.25) is 0 Å². The molecule has 0 bridgehead atoms. The fourth-order valence-electron chi connectivity index (χ4n) is 1.02. The number of ketones is 1. The summed E-state index contributed by atoms with van der Waals surface area (Å²) in [5, 5.41) is 2.43. The van der Waals surface area contributed by atoms with Crippen molar-refractivity contribution in [3.63, 3.8) is 0 Å². The first-order valence-corrected chi connectivity index (χ1v) is 6.64. The summed E-state index contributed by atoms with van der Waals surface area (Å²) in [6.45, 7) is 5.25. The molecule has 0 radical (unpaired) electrons. The third-order valence-corrected chi connectivity index (χ3v) is 3.30. The van der Waals surface area contributed by atoms with Gasteiger partial charge < -0.3 is 10.1 Å². The smallest absolute Gasteiger partial charge is 0.408 e. The third-order valence-electron chi connectivity index (χ3n) is 1.64. The number of rotatable bonds is 3. The summed E-state index contributed by atoms with van der Waals surface area (Å²) in [5.74, 6) is -0.133. The Balaban J connectivity index is 2.41. The summed E-state index contributed by atoms with van der Waals surface area (Å²) in [6.07, 6.45) is -0.582. The van der Waals surface area contributed by atoms with Crippen LogP contribution in [0.4, 0.5) is 4.79 Å². The summed E-state index contributed by atoms with van der Waals surface area (Å²) in [4.78, 5) is 23.6. The number of hydrogen-bond acceptors (Lipinski definition) is 4. The number of carbonyl (C=O) groups is 2. The summed E-state index contributed by atoms with van der Waals surface area (Å²) < 4.78 is 5.91. The summed E-state index contributed by atoms with van der Waals surface area (Å²) >= 11 is 4.61. The van der Waals surface area contributed by atoms with Gasteiger partial charge in [-0.15, -0.1) is 11.3 Å². The van der Waals surface area contributed by atoms with Crippen molar-refractivity contribution >= 4 is 39.1 Å². The summed E-state index contributed by atoms with van der Waals surface area (Å²) in [7, 11) is 0. The Kier molecular flexibility index (Phi) is 4.70. The van der Waals surface area contributed by atoms with Crippen LogP contribution in [0.3, 0.4) is 0 Å². The molecule has 0 saturated carbocycles. The molecule has 0 aromatic carbocycles. The van der Waals surface area contributed by atoms with Crippen molar-refractivity contribution in [3.05, 3.63) is 20.8 Å². The first-order valence-electron chi connectivity index (χ1n) is 5.03. The highest BCUT2D eigenvalue weighted by Gasteiger charge is 2.17. The van der Waals surface area contributed by atoms with Crippen molar-refractivity contribution < 1.29 is 14.3 Å². The number of Topliss-reactive ketones (excluding diaryl/α,β-unsaturated/α-hetero) is 1. The van der Waals surface area contributed by atoms with Crippen LogP contribution in [0.15, 0.2) is 15.9 Å². The van der Waals surface area contributed by atoms with Crippen molar-refractivity contribution in [2.45, 2.75) is 26.4 Å². The van der Waals surface area contributed by atoms with E-state index < -0.39 is 11.7 Å². The van der Waals surface area contributed by atoms with Gasteiger partial charge in [-0.05, 0) is 48.8 Å². The highest BCUT2D eigenvalue weighted by molar-refractivity contribution is 9.11. The van der Waals surface area contributed by atoms with Gasteiger partial charge in [0.05, 0.1) is 15.2 Å².